The maximum absolute atomic E-state index is 5.57. The number of hydrogen-bond acceptors (Lipinski definition) is 6. The molecular weight excluding hydrogens is 340 g/mol. The zero-order valence-corrected chi connectivity index (χ0v) is 16.5. The number of hydrogen-bond donors (Lipinski definition) is 1. The van der Waals surface area contributed by atoms with Crippen molar-refractivity contribution in [3.63, 3.8) is 0 Å². The summed E-state index contributed by atoms with van der Waals surface area (Å²) in [4.78, 5) is 15.6. The molecule has 1 aromatic carbocycles. The Morgan fingerprint density at radius 2 is 1.85 bits per heavy atom. The van der Waals surface area contributed by atoms with E-state index in [0.717, 1.165) is 47.4 Å². The SMILES string of the molecule is CCN(CC)c1cc(C)nc(Nc2ccc(-n3cnc(C)c3)c(OC)c2)n1. The zero-order chi connectivity index (χ0) is 19.4. The highest BCUT2D eigenvalue weighted by Gasteiger charge is 2.10. The molecule has 0 atom stereocenters. The summed E-state index contributed by atoms with van der Waals surface area (Å²) in [7, 11) is 1.66. The molecule has 0 unspecified atom stereocenters. The normalized spacial score (nSPS) is 10.7. The Hall–Kier alpha value is -3.09. The zero-order valence-electron chi connectivity index (χ0n) is 16.5. The third kappa shape index (κ3) is 4.19. The molecule has 27 heavy (non-hydrogen) atoms. The fourth-order valence-corrected chi connectivity index (χ4v) is 2.97. The first-order valence-electron chi connectivity index (χ1n) is 9.10. The van der Waals surface area contributed by atoms with Crippen molar-refractivity contribution in [2.24, 2.45) is 0 Å². The van der Waals surface area contributed by atoms with Crippen molar-refractivity contribution in [3.05, 3.63) is 48.2 Å². The number of imidazole rings is 1. The molecule has 3 aromatic rings. The van der Waals surface area contributed by atoms with Crippen LogP contribution in [0.4, 0.5) is 17.5 Å². The second-order valence-electron chi connectivity index (χ2n) is 6.30. The lowest BCUT2D eigenvalue weighted by Gasteiger charge is -2.20. The molecule has 0 aliphatic heterocycles. The van der Waals surface area contributed by atoms with Gasteiger partial charge in [-0.25, -0.2) is 9.97 Å². The van der Waals surface area contributed by atoms with E-state index in [4.69, 9.17) is 4.74 Å². The van der Waals surface area contributed by atoms with Crippen LogP contribution in [-0.4, -0.2) is 39.7 Å². The molecule has 1 N–H and O–H groups in total. The lowest BCUT2D eigenvalue weighted by molar-refractivity contribution is 0.413. The summed E-state index contributed by atoms with van der Waals surface area (Å²) in [5.41, 5.74) is 3.67. The molecule has 0 fully saturated rings. The molecular formula is C20H26N6O. The Labute approximate surface area is 160 Å². The molecule has 7 nitrogen and oxygen atoms in total. The van der Waals surface area contributed by atoms with Gasteiger partial charge < -0.3 is 19.5 Å². The molecule has 7 heteroatoms. The Morgan fingerprint density at radius 3 is 2.48 bits per heavy atom. The largest absolute Gasteiger partial charge is 0.494 e. The number of ether oxygens (including phenoxy) is 1. The number of benzene rings is 1. The van der Waals surface area contributed by atoms with Gasteiger partial charge in [-0.3, -0.25) is 0 Å². The second-order valence-corrected chi connectivity index (χ2v) is 6.30. The van der Waals surface area contributed by atoms with Crippen LogP contribution in [0.1, 0.15) is 25.2 Å². The van der Waals surface area contributed by atoms with Crippen LogP contribution in [0.15, 0.2) is 36.8 Å². The van der Waals surface area contributed by atoms with Crippen LogP contribution in [0.5, 0.6) is 5.75 Å². The van der Waals surface area contributed by atoms with Crippen molar-refractivity contribution < 1.29 is 4.74 Å². The van der Waals surface area contributed by atoms with E-state index in [9.17, 15) is 0 Å². The Morgan fingerprint density at radius 1 is 1.07 bits per heavy atom. The average Bonchev–Trinajstić information content (AvgIpc) is 3.08. The van der Waals surface area contributed by atoms with E-state index in [2.05, 4.69) is 39.0 Å². The van der Waals surface area contributed by atoms with E-state index >= 15 is 0 Å². The van der Waals surface area contributed by atoms with E-state index in [1.165, 1.54) is 0 Å². The highest BCUT2D eigenvalue weighted by Crippen LogP contribution is 2.28. The minimum absolute atomic E-state index is 0.574. The number of nitrogens with one attached hydrogen (secondary N) is 1. The molecule has 2 aromatic heterocycles. The smallest absolute Gasteiger partial charge is 0.229 e. The van der Waals surface area contributed by atoms with E-state index < -0.39 is 0 Å². The van der Waals surface area contributed by atoms with Crippen molar-refractivity contribution in [3.8, 4) is 11.4 Å². The van der Waals surface area contributed by atoms with Gasteiger partial charge in [-0.15, -0.1) is 0 Å². The number of anilines is 3. The van der Waals surface area contributed by atoms with Gasteiger partial charge in [0.15, 0.2) is 0 Å². The number of nitrogens with zero attached hydrogens (tertiary/aromatic N) is 5. The lowest BCUT2D eigenvalue weighted by Crippen LogP contribution is -2.23. The summed E-state index contributed by atoms with van der Waals surface area (Å²) in [6.07, 6.45) is 3.74. The lowest BCUT2D eigenvalue weighted by atomic mass is 10.2. The van der Waals surface area contributed by atoms with Gasteiger partial charge >= 0.3 is 0 Å². The summed E-state index contributed by atoms with van der Waals surface area (Å²) in [6, 6.07) is 7.91. The second kappa shape index (κ2) is 8.07. The van der Waals surface area contributed by atoms with E-state index in [1.54, 1.807) is 13.4 Å². The standard InChI is InChI=1S/C20H26N6O/c1-6-25(7-2)19-10-14(3)22-20(24-19)23-16-8-9-17(18(11-16)27-5)26-12-15(4)21-13-26/h8-13H,6-7H2,1-5H3,(H,22,23,24). The molecule has 0 saturated heterocycles. The molecule has 2 heterocycles. The number of aromatic nitrogens is 4. The van der Waals surface area contributed by atoms with Crippen LogP contribution in [0.25, 0.3) is 5.69 Å². The first kappa shape index (κ1) is 18.7. The van der Waals surface area contributed by atoms with Crippen molar-refractivity contribution in [2.75, 3.05) is 30.4 Å². The van der Waals surface area contributed by atoms with Gasteiger partial charge in [-0.05, 0) is 39.8 Å². The van der Waals surface area contributed by atoms with Crippen LogP contribution < -0.4 is 15.0 Å². The van der Waals surface area contributed by atoms with Crippen molar-refractivity contribution >= 4 is 17.5 Å². The monoisotopic (exact) mass is 366 g/mol. The van der Waals surface area contributed by atoms with E-state index in [-0.39, 0.29) is 0 Å². The highest BCUT2D eigenvalue weighted by atomic mass is 16.5. The molecule has 0 radical (unpaired) electrons. The Bertz CT molecular complexity index is 917. The molecule has 0 aliphatic carbocycles. The van der Waals surface area contributed by atoms with E-state index in [1.807, 2.05) is 48.9 Å². The van der Waals surface area contributed by atoms with Gasteiger partial charge in [0.2, 0.25) is 5.95 Å². The van der Waals surface area contributed by atoms with E-state index in [0.29, 0.717) is 5.95 Å². The Kier molecular flexibility index (Phi) is 5.59. The maximum atomic E-state index is 5.57. The molecule has 142 valence electrons. The summed E-state index contributed by atoms with van der Waals surface area (Å²) < 4.78 is 7.51. The number of methoxy groups -OCH3 is 1. The molecule has 0 spiro atoms. The number of rotatable bonds is 7. The minimum Gasteiger partial charge on any atom is -0.494 e. The molecule has 0 aliphatic rings. The minimum atomic E-state index is 0.574. The fraction of sp³-hybridized carbons (Fsp3) is 0.350. The van der Waals surface area contributed by atoms with Crippen LogP contribution in [-0.2, 0) is 0 Å². The summed E-state index contributed by atoms with van der Waals surface area (Å²) in [5.74, 6) is 2.24. The van der Waals surface area contributed by atoms with Crippen LogP contribution in [0.2, 0.25) is 0 Å². The molecule has 0 bridgehead atoms. The van der Waals surface area contributed by atoms with Crippen molar-refractivity contribution in [1.82, 2.24) is 19.5 Å². The predicted octanol–water partition coefficient (Wildman–Crippen LogP) is 3.88. The maximum Gasteiger partial charge on any atom is 0.229 e. The third-order valence-corrected chi connectivity index (χ3v) is 4.35. The average molecular weight is 366 g/mol. The topological polar surface area (TPSA) is 68.1 Å². The molecule has 0 saturated carbocycles. The van der Waals surface area contributed by atoms with Gasteiger partial charge in [0.25, 0.3) is 0 Å². The molecule has 3 rings (SSSR count). The van der Waals surface area contributed by atoms with Gasteiger partial charge in [-0.2, -0.15) is 4.98 Å². The summed E-state index contributed by atoms with van der Waals surface area (Å²) in [6.45, 7) is 9.98. The first-order chi connectivity index (χ1) is 13.0. The number of aryl methyl sites for hydroxylation is 2. The van der Waals surface area contributed by atoms with Crippen molar-refractivity contribution in [2.45, 2.75) is 27.7 Å². The third-order valence-electron chi connectivity index (χ3n) is 4.35. The predicted molar refractivity (Wildman–Crippen MR) is 108 cm³/mol. The summed E-state index contributed by atoms with van der Waals surface area (Å²) >= 11 is 0. The summed E-state index contributed by atoms with van der Waals surface area (Å²) in [5, 5.41) is 3.29. The van der Waals surface area contributed by atoms with Crippen LogP contribution in [0, 0.1) is 13.8 Å². The van der Waals surface area contributed by atoms with Crippen LogP contribution in [0.3, 0.4) is 0 Å². The van der Waals surface area contributed by atoms with Crippen LogP contribution >= 0.6 is 0 Å². The van der Waals surface area contributed by atoms with Gasteiger partial charge in [-0.1, -0.05) is 0 Å². The molecule has 0 amide bonds. The highest BCUT2D eigenvalue weighted by molar-refractivity contribution is 5.62. The fourth-order valence-electron chi connectivity index (χ4n) is 2.97. The quantitative estimate of drug-likeness (QED) is 0.684. The van der Waals surface area contributed by atoms with Gasteiger partial charge in [0, 0.05) is 42.8 Å². The van der Waals surface area contributed by atoms with Gasteiger partial charge in [0.05, 0.1) is 24.8 Å². The van der Waals surface area contributed by atoms with Gasteiger partial charge in [0.1, 0.15) is 11.6 Å². The van der Waals surface area contributed by atoms with Crippen molar-refractivity contribution in [1.29, 1.82) is 0 Å². The Balaban J connectivity index is 1.90. The first-order valence-corrected chi connectivity index (χ1v) is 9.10.